The van der Waals surface area contributed by atoms with Crippen molar-refractivity contribution < 1.29 is 0 Å². The number of nitrogens with zero attached hydrogens (tertiary/aromatic N) is 3. The lowest BCUT2D eigenvalue weighted by molar-refractivity contribution is 0.789. The average molecular weight is 292 g/mol. The largest absolute Gasteiger partial charge is 0.322 e. The van der Waals surface area contributed by atoms with Crippen LogP contribution in [0.5, 0.6) is 0 Å². The smallest absolute Gasteiger partial charge is 0.125 e. The van der Waals surface area contributed by atoms with Gasteiger partial charge >= 0.3 is 0 Å². The number of aryl methyl sites for hydroxylation is 2. The molecule has 0 saturated heterocycles. The summed E-state index contributed by atoms with van der Waals surface area (Å²) in [6.45, 7) is 5.12. The summed E-state index contributed by atoms with van der Waals surface area (Å²) in [5.41, 5.74) is 3.34. The molecule has 0 N–H and O–H groups in total. The summed E-state index contributed by atoms with van der Waals surface area (Å²) in [7, 11) is 0. The van der Waals surface area contributed by atoms with Gasteiger partial charge in [-0.2, -0.15) is 0 Å². The maximum absolute atomic E-state index is 6.01. The number of hydrogen-bond acceptors (Lipinski definition) is 3. The van der Waals surface area contributed by atoms with Gasteiger partial charge in [0.15, 0.2) is 0 Å². The van der Waals surface area contributed by atoms with Gasteiger partial charge in [0.25, 0.3) is 0 Å². The molecule has 0 aromatic carbocycles. The van der Waals surface area contributed by atoms with Crippen LogP contribution in [0.1, 0.15) is 21.1 Å². The summed E-state index contributed by atoms with van der Waals surface area (Å²) in [5.74, 6) is 1.31. The summed E-state index contributed by atoms with van der Waals surface area (Å²) in [4.78, 5) is 11.3. The Hall–Kier alpha value is -1.39. The summed E-state index contributed by atoms with van der Waals surface area (Å²) >= 11 is 7.84. The minimum atomic E-state index is 0.415. The van der Waals surface area contributed by atoms with Crippen LogP contribution < -0.4 is 0 Å². The Morgan fingerprint density at radius 3 is 2.89 bits per heavy atom. The monoisotopic (exact) mass is 291 g/mol. The molecular formula is C14H14ClN3S. The summed E-state index contributed by atoms with van der Waals surface area (Å²) in [6.07, 6.45) is 3.58. The van der Waals surface area contributed by atoms with Gasteiger partial charge in [0.1, 0.15) is 11.3 Å². The van der Waals surface area contributed by atoms with Crippen LogP contribution in [0.3, 0.4) is 0 Å². The Morgan fingerprint density at radius 1 is 1.37 bits per heavy atom. The van der Waals surface area contributed by atoms with E-state index in [-0.39, 0.29) is 0 Å². The van der Waals surface area contributed by atoms with E-state index in [0.717, 1.165) is 23.4 Å². The van der Waals surface area contributed by atoms with Crippen LogP contribution in [0.4, 0.5) is 0 Å². The Kier molecular flexibility index (Phi) is 3.29. The highest BCUT2D eigenvalue weighted by molar-refractivity contribution is 7.12. The minimum Gasteiger partial charge on any atom is -0.322 e. The highest BCUT2D eigenvalue weighted by atomic mass is 35.5. The molecule has 0 aliphatic rings. The van der Waals surface area contributed by atoms with E-state index in [4.69, 9.17) is 11.6 Å². The van der Waals surface area contributed by atoms with Gasteiger partial charge in [0, 0.05) is 16.0 Å². The van der Waals surface area contributed by atoms with Gasteiger partial charge in [0.2, 0.25) is 0 Å². The Bertz CT molecular complexity index is 710. The molecule has 3 nitrogen and oxygen atoms in total. The molecule has 98 valence electrons. The molecule has 3 heterocycles. The van der Waals surface area contributed by atoms with Crippen molar-refractivity contribution in [2.24, 2.45) is 0 Å². The molecular weight excluding hydrogens is 278 g/mol. The fraction of sp³-hybridized carbons (Fsp3) is 0.286. The van der Waals surface area contributed by atoms with Crippen molar-refractivity contribution >= 4 is 34.0 Å². The number of pyridine rings is 1. The first-order valence-electron chi connectivity index (χ1n) is 6.10. The van der Waals surface area contributed by atoms with Gasteiger partial charge in [-0.3, -0.25) is 4.98 Å². The minimum absolute atomic E-state index is 0.415. The molecule has 3 aromatic heterocycles. The van der Waals surface area contributed by atoms with Crippen molar-refractivity contribution in [3.8, 4) is 0 Å². The third kappa shape index (κ3) is 2.26. The number of alkyl halides is 1. The van der Waals surface area contributed by atoms with Crippen LogP contribution in [0.15, 0.2) is 24.5 Å². The topological polar surface area (TPSA) is 30.7 Å². The highest BCUT2D eigenvalue weighted by Gasteiger charge is 2.11. The van der Waals surface area contributed by atoms with Crippen molar-refractivity contribution in [2.75, 3.05) is 0 Å². The molecule has 0 atom stereocenters. The third-order valence-corrected chi connectivity index (χ3v) is 4.66. The van der Waals surface area contributed by atoms with E-state index >= 15 is 0 Å². The molecule has 0 spiro atoms. The standard InChI is InChI=1S/C14H14ClN3S/c1-9-5-11(19-10(9)2)8-18-13-3-4-16-7-12(13)17-14(18)6-15/h3-5,7H,6,8H2,1-2H3. The van der Waals surface area contributed by atoms with Crippen LogP contribution in [-0.4, -0.2) is 14.5 Å². The van der Waals surface area contributed by atoms with E-state index in [9.17, 15) is 0 Å². The van der Waals surface area contributed by atoms with Gasteiger partial charge < -0.3 is 4.57 Å². The fourth-order valence-corrected chi connectivity index (χ4v) is 3.44. The van der Waals surface area contributed by atoms with Gasteiger partial charge in [-0.25, -0.2) is 4.98 Å². The number of thiophene rings is 1. The lowest BCUT2D eigenvalue weighted by Gasteiger charge is -2.05. The lowest BCUT2D eigenvalue weighted by atomic mass is 10.3. The van der Waals surface area contributed by atoms with E-state index in [0.29, 0.717) is 5.88 Å². The fourth-order valence-electron chi connectivity index (χ4n) is 2.19. The second kappa shape index (κ2) is 4.94. The van der Waals surface area contributed by atoms with Gasteiger partial charge in [-0.1, -0.05) is 0 Å². The first-order valence-corrected chi connectivity index (χ1v) is 7.45. The second-order valence-electron chi connectivity index (χ2n) is 4.56. The molecule has 5 heteroatoms. The predicted octanol–water partition coefficient (Wildman–Crippen LogP) is 3.90. The van der Waals surface area contributed by atoms with Gasteiger partial charge in [-0.05, 0) is 31.5 Å². The molecule has 19 heavy (non-hydrogen) atoms. The summed E-state index contributed by atoms with van der Waals surface area (Å²) in [6, 6.07) is 4.23. The number of aromatic nitrogens is 3. The van der Waals surface area contributed by atoms with Gasteiger partial charge in [0.05, 0.1) is 24.1 Å². The Balaban J connectivity index is 2.08. The zero-order chi connectivity index (χ0) is 13.4. The Morgan fingerprint density at radius 2 is 2.21 bits per heavy atom. The molecule has 0 amide bonds. The SMILES string of the molecule is Cc1cc(Cn2c(CCl)nc3cnccc32)sc1C. The van der Waals surface area contributed by atoms with E-state index in [1.54, 1.807) is 12.4 Å². The first-order chi connectivity index (χ1) is 9.19. The summed E-state index contributed by atoms with van der Waals surface area (Å²) < 4.78 is 2.18. The van der Waals surface area contributed by atoms with Crippen molar-refractivity contribution in [1.82, 2.24) is 14.5 Å². The van der Waals surface area contributed by atoms with Crippen LogP contribution in [-0.2, 0) is 12.4 Å². The van der Waals surface area contributed by atoms with E-state index in [1.807, 2.05) is 17.4 Å². The lowest BCUT2D eigenvalue weighted by Crippen LogP contribution is -2.02. The molecule has 0 saturated carbocycles. The zero-order valence-electron chi connectivity index (χ0n) is 10.9. The van der Waals surface area contributed by atoms with Crippen molar-refractivity contribution in [2.45, 2.75) is 26.3 Å². The van der Waals surface area contributed by atoms with E-state index in [2.05, 4.69) is 34.4 Å². The zero-order valence-corrected chi connectivity index (χ0v) is 12.4. The number of fused-ring (bicyclic) bond motifs is 1. The average Bonchev–Trinajstić information content (AvgIpc) is 2.92. The first kappa shape index (κ1) is 12.6. The summed E-state index contributed by atoms with van der Waals surface area (Å²) in [5, 5.41) is 0. The number of halogens is 1. The quantitative estimate of drug-likeness (QED) is 0.685. The molecule has 0 bridgehead atoms. The second-order valence-corrected chi connectivity index (χ2v) is 6.17. The number of hydrogen-bond donors (Lipinski definition) is 0. The molecule has 0 fully saturated rings. The Labute approximate surface area is 120 Å². The van der Waals surface area contributed by atoms with E-state index < -0.39 is 0 Å². The molecule has 0 unspecified atom stereocenters. The number of imidazole rings is 1. The molecule has 3 aromatic rings. The third-order valence-electron chi connectivity index (χ3n) is 3.28. The van der Waals surface area contributed by atoms with Crippen LogP contribution in [0.2, 0.25) is 0 Å². The van der Waals surface area contributed by atoms with Crippen LogP contribution in [0.25, 0.3) is 11.0 Å². The van der Waals surface area contributed by atoms with Crippen molar-refractivity contribution in [3.63, 3.8) is 0 Å². The normalized spacial score (nSPS) is 11.3. The number of rotatable bonds is 3. The molecule has 0 radical (unpaired) electrons. The van der Waals surface area contributed by atoms with Crippen LogP contribution >= 0.6 is 22.9 Å². The maximum Gasteiger partial charge on any atom is 0.125 e. The van der Waals surface area contributed by atoms with Crippen LogP contribution in [0, 0.1) is 13.8 Å². The van der Waals surface area contributed by atoms with E-state index in [1.165, 1.54) is 15.3 Å². The molecule has 3 rings (SSSR count). The highest BCUT2D eigenvalue weighted by Crippen LogP contribution is 2.24. The molecule has 0 aliphatic heterocycles. The van der Waals surface area contributed by atoms with Crippen molar-refractivity contribution in [1.29, 1.82) is 0 Å². The molecule has 0 aliphatic carbocycles. The van der Waals surface area contributed by atoms with Gasteiger partial charge in [-0.15, -0.1) is 22.9 Å². The predicted molar refractivity (Wildman–Crippen MR) is 80.0 cm³/mol. The van der Waals surface area contributed by atoms with Crippen molar-refractivity contribution in [3.05, 3.63) is 45.7 Å². The maximum atomic E-state index is 6.01.